The van der Waals surface area contributed by atoms with Crippen molar-refractivity contribution < 1.29 is 13.9 Å². The lowest BCUT2D eigenvalue weighted by Crippen LogP contribution is -2.16. The maximum absolute atomic E-state index is 12.9. The first-order chi connectivity index (χ1) is 7.04. The molecule has 0 aromatic heterocycles. The Labute approximate surface area is 108 Å². The third kappa shape index (κ3) is 4.08. The van der Waals surface area contributed by atoms with Gasteiger partial charge in [-0.15, -0.1) is 12.4 Å². The van der Waals surface area contributed by atoms with Crippen molar-refractivity contribution in [3.63, 3.8) is 0 Å². The number of ether oxygens (including phenoxy) is 1. The Kier molecular flexibility index (Phi) is 6.55. The Balaban J connectivity index is 0.00000225. The van der Waals surface area contributed by atoms with Gasteiger partial charge in [0, 0.05) is 6.04 Å². The van der Waals surface area contributed by atoms with Crippen molar-refractivity contribution in [2.75, 3.05) is 7.11 Å². The van der Waals surface area contributed by atoms with Gasteiger partial charge in [0.25, 0.3) is 0 Å². The van der Waals surface area contributed by atoms with Crippen LogP contribution in [0.3, 0.4) is 0 Å². The Hall–Kier alpha value is -0.650. The summed E-state index contributed by atoms with van der Waals surface area (Å²) < 4.78 is 17.7. The molecular weight excluding hydrogens is 300 g/mol. The van der Waals surface area contributed by atoms with E-state index < -0.39 is 6.04 Å². The first-order valence-electron chi connectivity index (χ1n) is 4.32. The van der Waals surface area contributed by atoms with Gasteiger partial charge in [0.1, 0.15) is 5.82 Å². The van der Waals surface area contributed by atoms with Gasteiger partial charge in [0.2, 0.25) is 0 Å². The second-order valence-electron chi connectivity index (χ2n) is 3.06. The van der Waals surface area contributed by atoms with Crippen LogP contribution in [0.5, 0.6) is 0 Å². The van der Waals surface area contributed by atoms with Crippen LogP contribution in [0.4, 0.5) is 4.39 Å². The maximum atomic E-state index is 12.9. The number of halogens is 3. The summed E-state index contributed by atoms with van der Waals surface area (Å²) in [6.45, 7) is 0. The highest BCUT2D eigenvalue weighted by Crippen LogP contribution is 2.21. The number of hydrogen-bond donors (Lipinski definition) is 1. The van der Waals surface area contributed by atoms with Crippen LogP contribution >= 0.6 is 28.3 Å². The Morgan fingerprint density at radius 2 is 2.25 bits per heavy atom. The number of rotatable bonds is 3. The second-order valence-corrected chi connectivity index (χ2v) is 3.91. The third-order valence-electron chi connectivity index (χ3n) is 1.99. The van der Waals surface area contributed by atoms with E-state index in [0.717, 1.165) is 0 Å². The summed E-state index contributed by atoms with van der Waals surface area (Å²) in [6, 6.07) is 3.93. The summed E-state index contributed by atoms with van der Waals surface area (Å²) in [7, 11) is 1.30. The molecule has 0 spiro atoms. The zero-order chi connectivity index (χ0) is 11.4. The van der Waals surface area contributed by atoms with Crippen LogP contribution in [0.1, 0.15) is 18.0 Å². The number of carbonyl (C=O) groups is 1. The van der Waals surface area contributed by atoms with Crippen LogP contribution in [0.25, 0.3) is 0 Å². The average Bonchev–Trinajstić information content (AvgIpc) is 2.21. The van der Waals surface area contributed by atoms with Crippen LogP contribution in [0.15, 0.2) is 22.7 Å². The number of esters is 1. The molecule has 0 heterocycles. The predicted molar refractivity (Wildman–Crippen MR) is 64.9 cm³/mol. The first-order valence-corrected chi connectivity index (χ1v) is 5.11. The molecule has 1 atom stereocenters. The second kappa shape index (κ2) is 6.83. The van der Waals surface area contributed by atoms with E-state index in [-0.39, 0.29) is 30.6 Å². The molecule has 0 fully saturated rings. The molecule has 16 heavy (non-hydrogen) atoms. The highest BCUT2D eigenvalue weighted by atomic mass is 79.9. The van der Waals surface area contributed by atoms with Gasteiger partial charge in [-0.1, -0.05) is 6.07 Å². The lowest BCUT2D eigenvalue weighted by Gasteiger charge is -2.10. The summed E-state index contributed by atoms with van der Waals surface area (Å²) in [5.74, 6) is -0.744. The fourth-order valence-corrected chi connectivity index (χ4v) is 1.52. The van der Waals surface area contributed by atoms with E-state index in [0.29, 0.717) is 10.0 Å². The molecule has 0 radical (unpaired) electrons. The zero-order valence-corrected chi connectivity index (χ0v) is 11.0. The lowest BCUT2D eigenvalue weighted by atomic mass is 10.1. The molecule has 2 N–H and O–H groups in total. The normalized spacial score (nSPS) is 11.5. The van der Waals surface area contributed by atoms with Gasteiger partial charge >= 0.3 is 5.97 Å². The van der Waals surface area contributed by atoms with Crippen LogP contribution in [-0.4, -0.2) is 13.1 Å². The maximum Gasteiger partial charge on any atom is 0.307 e. The molecule has 3 nitrogen and oxygen atoms in total. The standard InChI is InChI=1S/C10H11BrFNO2.ClH/c1-15-10(14)5-9(13)6-2-3-8(12)7(11)4-6;/h2-4,9H,5,13H2,1H3;1H/t9-;/m0./s1. The summed E-state index contributed by atoms with van der Waals surface area (Å²) in [5.41, 5.74) is 6.43. The van der Waals surface area contributed by atoms with Crippen LogP contribution in [-0.2, 0) is 9.53 Å². The van der Waals surface area contributed by atoms with Crippen LogP contribution < -0.4 is 5.73 Å². The minimum Gasteiger partial charge on any atom is -0.469 e. The molecular formula is C10H12BrClFNO2. The quantitative estimate of drug-likeness (QED) is 0.873. The average molecular weight is 313 g/mol. The number of methoxy groups -OCH3 is 1. The van der Waals surface area contributed by atoms with Gasteiger partial charge in [0.05, 0.1) is 18.0 Å². The minimum atomic E-state index is -0.477. The van der Waals surface area contributed by atoms with Gasteiger partial charge in [-0.25, -0.2) is 4.39 Å². The van der Waals surface area contributed by atoms with Gasteiger partial charge in [0.15, 0.2) is 0 Å². The molecule has 6 heteroatoms. The van der Waals surface area contributed by atoms with Crippen molar-refractivity contribution in [3.05, 3.63) is 34.1 Å². The number of nitrogens with two attached hydrogens (primary N) is 1. The van der Waals surface area contributed by atoms with Gasteiger partial charge in [-0.05, 0) is 33.6 Å². The van der Waals surface area contributed by atoms with E-state index >= 15 is 0 Å². The Morgan fingerprint density at radius 3 is 2.75 bits per heavy atom. The van der Waals surface area contributed by atoms with E-state index in [9.17, 15) is 9.18 Å². The summed E-state index contributed by atoms with van der Waals surface area (Å²) in [4.78, 5) is 11.0. The largest absolute Gasteiger partial charge is 0.469 e. The molecule has 0 amide bonds. The molecule has 1 aromatic carbocycles. The molecule has 1 aromatic rings. The van der Waals surface area contributed by atoms with Gasteiger partial charge in [-0.2, -0.15) is 0 Å². The molecule has 90 valence electrons. The van der Waals surface area contributed by atoms with Crippen molar-refractivity contribution in [3.8, 4) is 0 Å². The van der Waals surface area contributed by atoms with Crippen molar-refractivity contribution in [1.29, 1.82) is 0 Å². The third-order valence-corrected chi connectivity index (χ3v) is 2.59. The highest BCUT2D eigenvalue weighted by Gasteiger charge is 2.13. The van der Waals surface area contributed by atoms with E-state index in [2.05, 4.69) is 20.7 Å². The highest BCUT2D eigenvalue weighted by molar-refractivity contribution is 9.10. The van der Waals surface area contributed by atoms with Crippen molar-refractivity contribution in [2.24, 2.45) is 5.73 Å². The number of carbonyl (C=O) groups excluding carboxylic acids is 1. The summed E-state index contributed by atoms with van der Waals surface area (Å²) >= 11 is 3.05. The SMILES string of the molecule is COC(=O)C[C@H](N)c1ccc(F)c(Br)c1.Cl. The number of benzene rings is 1. The zero-order valence-electron chi connectivity index (χ0n) is 8.57. The fourth-order valence-electron chi connectivity index (χ4n) is 1.12. The van der Waals surface area contributed by atoms with Crippen molar-refractivity contribution >= 4 is 34.3 Å². The van der Waals surface area contributed by atoms with Gasteiger partial charge < -0.3 is 10.5 Å². The van der Waals surface area contributed by atoms with Gasteiger partial charge in [-0.3, -0.25) is 4.79 Å². The molecule has 0 unspecified atom stereocenters. The Morgan fingerprint density at radius 1 is 1.62 bits per heavy atom. The fraction of sp³-hybridized carbons (Fsp3) is 0.300. The van der Waals surface area contributed by atoms with Crippen molar-refractivity contribution in [2.45, 2.75) is 12.5 Å². The predicted octanol–water partition coefficient (Wildman–Crippen LogP) is 2.57. The molecule has 0 aliphatic carbocycles. The van der Waals surface area contributed by atoms with E-state index in [4.69, 9.17) is 5.73 Å². The topological polar surface area (TPSA) is 52.3 Å². The summed E-state index contributed by atoms with van der Waals surface area (Å²) in [5, 5.41) is 0. The Bertz CT molecular complexity index is 376. The van der Waals surface area contributed by atoms with Crippen LogP contribution in [0, 0.1) is 5.82 Å². The minimum absolute atomic E-state index is 0. The van der Waals surface area contributed by atoms with E-state index in [1.807, 2.05) is 0 Å². The monoisotopic (exact) mass is 311 g/mol. The molecule has 0 aliphatic rings. The van der Waals surface area contributed by atoms with E-state index in [1.54, 1.807) is 12.1 Å². The lowest BCUT2D eigenvalue weighted by molar-refractivity contribution is -0.141. The summed E-state index contributed by atoms with van der Waals surface area (Å²) in [6.07, 6.45) is 0.0779. The number of hydrogen-bond acceptors (Lipinski definition) is 3. The molecule has 0 saturated heterocycles. The first kappa shape index (κ1) is 15.3. The molecule has 0 aliphatic heterocycles. The smallest absolute Gasteiger partial charge is 0.307 e. The van der Waals surface area contributed by atoms with E-state index in [1.165, 1.54) is 13.2 Å². The van der Waals surface area contributed by atoms with Crippen molar-refractivity contribution in [1.82, 2.24) is 0 Å². The molecule has 0 bridgehead atoms. The van der Waals surface area contributed by atoms with Crippen LogP contribution in [0.2, 0.25) is 0 Å². The molecule has 1 rings (SSSR count). The molecule has 0 saturated carbocycles.